The Morgan fingerprint density at radius 1 is 1.42 bits per heavy atom. The van der Waals surface area contributed by atoms with Crippen LogP contribution in [0, 0.1) is 6.58 Å². The molecule has 0 nitrogen and oxygen atoms in total. The van der Waals surface area contributed by atoms with E-state index >= 15 is 0 Å². The van der Waals surface area contributed by atoms with Gasteiger partial charge in [-0.1, -0.05) is 36.4 Å². The van der Waals surface area contributed by atoms with Crippen molar-refractivity contribution in [1.29, 1.82) is 0 Å². The lowest BCUT2D eigenvalue weighted by atomic mass is 10.1. The molecule has 0 saturated heterocycles. The lowest BCUT2D eigenvalue weighted by molar-refractivity contribution is 0.843. The smallest absolute Gasteiger partial charge is 0.0408 e. The largest absolute Gasteiger partial charge is 0.0845 e. The summed E-state index contributed by atoms with van der Waals surface area (Å²) < 4.78 is 0. The molecule has 63 valence electrons. The molecule has 1 radical (unpaired) electrons. The van der Waals surface area contributed by atoms with E-state index in [0.717, 1.165) is 24.3 Å². The van der Waals surface area contributed by atoms with Gasteiger partial charge in [-0.25, -0.2) is 0 Å². The molecule has 1 heteroatoms. The van der Waals surface area contributed by atoms with E-state index in [-0.39, 0.29) is 0 Å². The molecule has 0 aliphatic rings. The molecule has 0 N–H and O–H groups in total. The number of benzene rings is 1. The Balaban J connectivity index is 2.46. The normalized spacial score (nSPS) is 9.75. The fourth-order valence-electron chi connectivity index (χ4n) is 1.12. The monoisotopic (exact) mass is 179 g/mol. The fraction of sp³-hybridized carbons (Fsp3) is 0.273. The third kappa shape index (κ3) is 3.10. The molecule has 12 heavy (non-hydrogen) atoms. The predicted molar refractivity (Wildman–Crippen MR) is 53.3 cm³/mol. The maximum Gasteiger partial charge on any atom is 0.0408 e. The number of aryl methyl sites for hydroxylation is 1. The standard InChI is InChI=1S/C11H12Cl/c1-2-3-4-6-10-7-5-8-11(12)9-10/h1-2,5,7-9H,3-4,6H2. The Bertz CT molecular complexity index is 253. The van der Waals surface area contributed by atoms with Crippen LogP contribution in [0.1, 0.15) is 18.4 Å². The molecular weight excluding hydrogens is 168 g/mol. The highest BCUT2D eigenvalue weighted by atomic mass is 35.5. The topological polar surface area (TPSA) is 0 Å². The van der Waals surface area contributed by atoms with Gasteiger partial charge in [0.1, 0.15) is 0 Å². The highest BCUT2D eigenvalue weighted by Gasteiger charge is 1.92. The number of rotatable bonds is 4. The number of unbranched alkanes of at least 4 members (excludes halogenated alkanes) is 1. The van der Waals surface area contributed by atoms with Gasteiger partial charge in [-0.05, 0) is 37.0 Å². The highest BCUT2D eigenvalue weighted by molar-refractivity contribution is 6.30. The summed E-state index contributed by atoms with van der Waals surface area (Å²) in [6.45, 7) is 5.27. The van der Waals surface area contributed by atoms with E-state index in [9.17, 15) is 0 Å². The van der Waals surface area contributed by atoms with E-state index in [1.54, 1.807) is 6.08 Å². The number of allylic oxidation sites excluding steroid dienone is 1. The zero-order valence-electron chi connectivity index (χ0n) is 6.96. The van der Waals surface area contributed by atoms with Crippen molar-refractivity contribution in [3.8, 4) is 0 Å². The first-order valence-electron chi connectivity index (χ1n) is 4.11. The van der Waals surface area contributed by atoms with Crippen molar-refractivity contribution in [3.63, 3.8) is 0 Å². The van der Waals surface area contributed by atoms with Gasteiger partial charge in [0.2, 0.25) is 0 Å². The number of halogens is 1. The van der Waals surface area contributed by atoms with Crippen molar-refractivity contribution in [1.82, 2.24) is 0 Å². The molecule has 1 rings (SSSR count). The van der Waals surface area contributed by atoms with Crippen molar-refractivity contribution in [2.24, 2.45) is 0 Å². The summed E-state index contributed by atoms with van der Waals surface area (Å²) in [6, 6.07) is 7.95. The summed E-state index contributed by atoms with van der Waals surface area (Å²) in [4.78, 5) is 0. The third-order valence-electron chi connectivity index (χ3n) is 1.73. The van der Waals surface area contributed by atoms with E-state index in [2.05, 4.69) is 6.07 Å². The molecule has 0 spiro atoms. The highest BCUT2D eigenvalue weighted by Crippen LogP contribution is 2.12. The quantitative estimate of drug-likeness (QED) is 0.619. The Hall–Kier alpha value is -0.750. The second-order valence-corrected chi connectivity index (χ2v) is 3.19. The fourth-order valence-corrected chi connectivity index (χ4v) is 1.33. The van der Waals surface area contributed by atoms with E-state index in [0.29, 0.717) is 0 Å². The lowest BCUT2D eigenvalue weighted by Gasteiger charge is -1.99. The van der Waals surface area contributed by atoms with E-state index in [4.69, 9.17) is 18.2 Å². The summed E-state index contributed by atoms with van der Waals surface area (Å²) in [7, 11) is 0. The molecule has 0 bridgehead atoms. The van der Waals surface area contributed by atoms with Gasteiger partial charge in [0.25, 0.3) is 0 Å². The average Bonchev–Trinajstić information content (AvgIpc) is 2.05. The molecule has 0 aliphatic carbocycles. The lowest BCUT2D eigenvalue weighted by Crippen LogP contribution is -1.83. The van der Waals surface area contributed by atoms with Crippen molar-refractivity contribution < 1.29 is 0 Å². The maximum absolute atomic E-state index is 5.83. The summed E-state index contributed by atoms with van der Waals surface area (Å²) in [5.41, 5.74) is 1.28. The minimum Gasteiger partial charge on any atom is -0.0845 e. The van der Waals surface area contributed by atoms with Gasteiger partial charge < -0.3 is 0 Å². The van der Waals surface area contributed by atoms with Crippen LogP contribution >= 0.6 is 11.6 Å². The molecule has 1 aromatic rings. The van der Waals surface area contributed by atoms with Crippen LogP contribution in [0.5, 0.6) is 0 Å². The average molecular weight is 180 g/mol. The zero-order chi connectivity index (χ0) is 8.81. The second-order valence-electron chi connectivity index (χ2n) is 2.76. The molecular formula is C11H12Cl. The van der Waals surface area contributed by atoms with Crippen LogP contribution in [0.4, 0.5) is 0 Å². The van der Waals surface area contributed by atoms with Crippen LogP contribution in [0.2, 0.25) is 5.02 Å². The first-order valence-corrected chi connectivity index (χ1v) is 4.48. The summed E-state index contributed by atoms with van der Waals surface area (Å²) in [6.07, 6.45) is 4.81. The van der Waals surface area contributed by atoms with Gasteiger partial charge in [0, 0.05) is 5.02 Å². The molecule has 0 amide bonds. The van der Waals surface area contributed by atoms with Crippen LogP contribution in [-0.2, 0) is 6.42 Å². The molecule has 1 aromatic carbocycles. The number of hydrogen-bond donors (Lipinski definition) is 0. The Morgan fingerprint density at radius 3 is 2.92 bits per heavy atom. The van der Waals surface area contributed by atoms with Crippen molar-refractivity contribution in [2.75, 3.05) is 0 Å². The van der Waals surface area contributed by atoms with Crippen LogP contribution in [0.3, 0.4) is 0 Å². The van der Waals surface area contributed by atoms with Crippen molar-refractivity contribution in [2.45, 2.75) is 19.3 Å². The van der Waals surface area contributed by atoms with Crippen molar-refractivity contribution in [3.05, 3.63) is 47.5 Å². The molecule has 0 fully saturated rings. The van der Waals surface area contributed by atoms with E-state index in [1.165, 1.54) is 5.56 Å². The van der Waals surface area contributed by atoms with E-state index in [1.807, 2.05) is 18.2 Å². The summed E-state index contributed by atoms with van der Waals surface area (Å²) >= 11 is 5.83. The molecule has 0 saturated carbocycles. The summed E-state index contributed by atoms with van der Waals surface area (Å²) in [5, 5.41) is 0.809. The molecule has 0 aliphatic heterocycles. The molecule has 0 aromatic heterocycles. The minimum absolute atomic E-state index is 0.809. The third-order valence-corrected chi connectivity index (χ3v) is 1.96. The van der Waals surface area contributed by atoms with Crippen LogP contribution < -0.4 is 0 Å². The van der Waals surface area contributed by atoms with Gasteiger partial charge >= 0.3 is 0 Å². The Kier molecular flexibility index (Phi) is 3.89. The SMILES string of the molecule is [CH]=CCCCc1cccc(Cl)c1. The zero-order valence-corrected chi connectivity index (χ0v) is 7.72. The van der Waals surface area contributed by atoms with Gasteiger partial charge in [-0.15, -0.1) is 0 Å². The van der Waals surface area contributed by atoms with Gasteiger partial charge in [-0.3, -0.25) is 0 Å². The van der Waals surface area contributed by atoms with Gasteiger partial charge in [0.05, 0.1) is 0 Å². The number of hydrogen-bond acceptors (Lipinski definition) is 0. The van der Waals surface area contributed by atoms with Gasteiger partial charge in [-0.2, -0.15) is 0 Å². The Labute approximate surface area is 78.9 Å². The van der Waals surface area contributed by atoms with Crippen molar-refractivity contribution >= 4 is 11.6 Å². The van der Waals surface area contributed by atoms with Gasteiger partial charge in [0.15, 0.2) is 0 Å². The first-order chi connectivity index (χ1) is 5.83. The maximum atomic E-state index is 5.83. The second kappa shape index (κ2) is 5.00. The summed E-state index contributed by atoms with van der Waals surface area (Å²) in [5.74, 6) is 0. The molecule has 0 unspecified atom stereocenters. The molecule has 0 heterocycles. The Morgan fingerprint density at radius 2 is 2.25 bits per heavy atom. The predicted octanol–water partition coefficient (Wildman–Crippen LogP) is 3.65. The van der Waals surface area contributed by atoms with Crippen LogP contribution in [0.25, 0.3) is 0 Å². The van der Waals surface area contributed by atoms with E-state index < -0.39 is 0 Å². The van der Waals surface area contributed by atoms with Crippen LogP contribution in [-0.4, -0.2) is 0 Å². The minimum atomic E-state index is 0.809. The first kappa shape index (κ1) is 9.34. The van der Waals surface area contributed by atoms with Crippen LogP contribution in [0.15, 0.2) is 30.3 Å². The molecule has 0 atom stereocenters.